The number of rotatable bonds is 6. The second-order valence-electron chi connectivity index (χ2n) is 4.05. The van der Waals surface area contributed by atoms with Crippen molar-refractivity contribution >= 4 is 5.91 Å². The summed E-state index contributed by atoms with van der Waals surface area (Å²) in [5.41, 5.74) is -0.856. The highest BCUT2D eigenvalue weighted by Gasteiger charge is 2.20. The normalized spacial score (nSPS) is 11.5. The van der Waals surface area contributed by atoms with Crippen LogP contribution in [0.25, 0.3) is 0 Å². The summed E-state index contributed by atoms with van der Waals surface area (Å²) in [5, 5.41) is 18.1. The quantitative estimate of drug-likeness (QED) is 0.656. The lowest BCUT2D eigenvalue weighted by molar-refractivity contribution is -0.134. The van der Waals surface area contributed by atoms with Crippen LogP contribution in [-0.4, -0.2) is 46.3 Å². The van der Waals surface area contributed by atoms with Crippen molar-refractivity contribution < 1.29 is 15.0 Å². The molecule has 0 fully saturated rings. The molecule has 2 N–H and O–H groups in total. The zero-order valence-electron chi connectivity index (χ0n) is 9.29. The van der Waals surface area contributed by atoms with Crippen molar-refractivity contribution in [3.05, 3.63) is 0 Å². The van der Waals surface area contributed by atoms with E-state index in [9.17, 15) is 9.90 Å². The maximum absolute atomic E-state index is 11.5. The summed E-state index contributed by atoms with van der Waals surface area (Å²) in [6.07, 6.45) is 0.835. The smallest absolute Gasteiger partial charge is 0.222 e. The fourth-order valence-electron chi connectivity index (χ4n) is 1.23. The first-order valence-corrected chi connectivity index (χ1v) is 5.01. The van der Waals surface area contributed by atoms with Crippen LogP contribution in [-0.2, 0) is 4.79 Å². The van der Waals surface area contributed by atoms with Crippen LogP contribution in [0.2, 0.25) is 0 Å². The van der Waals surface area contributed by atoms with Gasteiger partial charge in [-0.15, -0.1) is 0 Å². The van der Waals surface area contributed by atoms with Crippen molar-refractivity contribution in [1.29, 1.82) is 0 Å². The van der Waals surface area contributed by atoms with E-state index in [0.717, 1.165) is 0 Å². The van der Waals surface area contributed by atoms with Crippen molar-refractivity contribution in [3.63, 3.8) is 0 Å². The van der Waals surface area contributed by atoms with E-state index in [1.165, 1.54) is 0 Å². The number of hydrogen-bond acceptors (Lipinski definition) is 3. The number of aliphatic hydroxyl groups is 2. The molecule has 0 aromatic heterocycles. The predicted octanol–water partition coefficient (Wildman–Crippen LogP) is 0.378. The largest absolute Gasteiger partial charge is 0.396 e. The topological polar surface area (TPSA) is 60.8 Å². The van der Waals surface area contributed by atoms with Crippen LogP contribution in [0.3, 0.4) is 0 Å². The van der Waals surface area contributed by atoms with Gasteiger partial charge in [-0.2, -0.15) is 0 Å². The third-order valence-electron chi connectivity index (χ3n) is 1.86. The molecule has 0 rings (SSSR count). The molecule has 0 spiro atoms. The summed E-state index contributed by atoms with van der Waals surface area (Å²) in [6.45, 7) is 6.19. The minimum absolute atomic E-state index is 0.0105. The molecule has 0 aliphatic rings. The highest BCUT2D eigenvalue weighted by molar-refractivity contribution is 5.76. The Labute approximate surface area is 85.5 Å². The van der Waals surface area contributed by atoms with Gasteiger partial charge in [-0.3, -0.25) is 4.79 Å². The molecule has 1 amide bonds. The van der Waals surface area contributed by atoms with Crippen LogP contribution in [0.1, 0.15) is 33.6 Å². The Morgan fingerprint density at radius 2 is 2.00 bits per heavy atom. The Kier molecular flexibility index (Phi) is 5.72. The molecule has 0 unspecified atom stereocenters. The standard InChI is InChI=1S/C10H21NO3/c1-4-11(8-10(2,3)14)9(13)6-5-7-12/h12,14H,4-8H2,1-3H3. The fourth-order valence-corrected chi connectivity index (χ4v) is 1.23. The summed E-state index contributed by atoms with van der Waals surface area (Å²) >= 11 is 0. The van der Waals surface area contributed by atoms with E-state index < -0.39 is 5.60 Å². The van der Waals surface area contributed by atoms with Gasteiger partial charge in [-0.25, -0.2) is 0 Å². The van der Waals surface area contributed by atoms with Gasteiger partial charge in [0, 0.05) is 26.1 Å². The van der Waals surface area contributed by atoms with E-state index in [0.29, 0.717) is 25.9 Å². The van der Waals surface area contributed by atoms with Crippen LogP contribution in [0.4, 0.5) is 0 Å². The SMILES string of the molecule is CCN(CC(C)(C)O)C(=O)CCCO. The molecule has 0 aliphatic heterocycles. The number of nitrogens with zero attached hydrogens (tertiary/aromatic N) is 1. The van der Waals surface area contributed by atoms with E-state index in [2.05, 4.69) is 0 Å². The van der Waals surface area contributed by atoms with E-state index in [1.54, 1.807) is 18.7 Å². The van der Waals surface area contributed by atoms with Crippen molar-refractivity contribution in [2.24, 2.45) is 0 Å². The number of carbonyl (C=O) groups excluding carboxylic acids is 1. The Morgan fingerprint density at radius 1 is 1.43 bits per heavy atom. The minimum Gasteiger partial charge on any atom is -0.396 e. The number of amides is 1. The summed E-state index contributed by atoms with van der Waals surface area (Å²) in [7, 11) is 0. The monoisotopic (exact) mass is 203 g/mol. The molecule has 0 radical (unpaired) electrons. The molecule has 0 bridgehead atoms. The number of likely N-dealkylation sites (N-methyl/N-ethyl adjacent to an activating group) is 1. The molecular formula is C10H21NO3. The molecule has 0 aliphatic carbocycles. The van der Waals surface area contributed by atoms with E-state index in [4.69, 9.17) is 5.11 Å². The molecule has 14 heavy (non-hydrogen) atoms. The van der Waals surface area contributed by atoms with Crippen LogP contribution < -0.4 is 0 Å². The van der Waals surface area contributed by atoms with Gasteiger partial charge in [-0.05, 0) is 27.2 Å². The van der Waals surface area contributed by atoms with Gasteiger partial charge in [0.15, 0.2) is 0 Å². The molecule has 4 heteroatoms. The average Bonchev–Trinajstić information content (AvgIpc) is 2.08. The highest BCUT2D eigenvalue weighted by atomic mass is 16.3. The van der Waals surface area contributed by atoms with Gasteiger partial charge in [0.1, 0.15) is 0 Å². The fraction of sp³-hybridized carbons (Fsp3) is 0.900. The molecule has 84 valence electrons. The second-order valence-corrected chi connectivity index (χ2v) is 4.05. The predicted molar refractivity (Wildman–Crippen MR) is 54.9 cm³/mol. The van der Waals surface area contributed by atoms with Crippen molar-refractivity contribution in [1.82, 2.24) is 4.90 Å². The third-order valence-corrected chi connectivity index (χ3v) is 1.86. The van der Waals surface area contributed by atoms with Gasteiger partial charge in [-0.1, -0.05) is 0 Å². The average molecular weight is 203 g/mol. The van der Waals surface area contributed by atoms with Gasteiger partial charge in [0.2, 0.25) is 5.91 Å². The zero-order chi connectivity index (χ0) is 11.2. The first kappa shape index (κ1) is 13.4. The van der Waals surface area contributed by atoms with E-state index in [1.807, 2.05) is 6.92 Å². The van der Waals surface area contributed by atoms with Crippen molar-refractivity contribution in [3.8, 4) is 0 Å². The van der Waals surface area contributed by atoms with Crippen LogP contribution in [0.15, 0.2) is 0 Å². The van der Waals surface area contributed by atoms with Gasteiger partial charge in [0.25, 0.3) is 0 Å². The number of carbonyl (C=O) groups is 1. The van der Waals surface area contributed by atoms with Crippen LogP contribution in [0, 0.1) is 0 Å². The lowest BCUT2D eigenvalue weighted by Gasteiger charge is -2.28. The van der Waals surface area contributed by atoms with Crippen molar-refractivity contribution in [2.75, 3.05) is 19.7 Å². The maximum Gasteiger partial charge on any atom is 0.222 e. The molecule has 0 atom stereocenters. The third kappa shape index (κ3) is 5.94. The molecule has 0 aromatic carbocycles. The summed E-state index contributed by atoms with van der Waals surface area (Å²) in [5.74, 6) is -0.0105. The lowest BCUT2D eigenvalue weighted by atomic mass is 10.1. The van der Waals surface area contributed by atoms with Crippen LogP contribution >= 0.6 is 0 Å². The Balaban J connectivity index is 4.06. The Hall–Kier alpha value is -0.610. The first-order chi connectivity index (χ1) is 6.40. The molecule has 0 aromatic rings. The van der Waals surface area contributed by atoms with Gasteiger partial charge >= 0.3 is 0 Å². The molecule has 0 saturated carbocycles. The molecular weight excluding hydrogens is 182 g/mol. The Bertz CT molecular complexity index is 175. The summed E-state index contributed by atoms with van der Waals surface area (Å²) in [4.78, 5) is 13.1. The van der Waals surface area contributed by atoms with Crippen LogP contribution in [0.5, 0.6) is 0 Å². The van der Waals surface area contributed by atoms with E-state index >= 15 is 0 Å². The second kappa shape index (κ2) is 5.98. The maximum atomic E-state index is 11.5. The number of aliphatic hydroxyl groups excluding tert-OH is 1. The van der Waals surface area contributed by atoms with Gasteiger partial charge < -0.3 is 15.1 Å². The minimum atomic E-state index is -0.856. The summed E-state index contributed by atoms with van der Waals surface area (Å²) in [6, 6.07) is 0. The zero-order valence-corrected chi connectivity index (χ0v) is 9.29. The Morgan fingerprint density at radius 3 is 2.36 bits per heavy atom. The summed E-state index contributed by atoms with van der Waals surface area (Å²) < 4.78 is 0. The number of hydrogen-bond donors (Lipinski definition) is 2. The molecule has 0 saturated heterocycles. The first-order valence-electron chi connectivity index (χ1n) is 5.01. The molecule has 4 nitrogen and oxygen atoms in total. The highest BCUT2D eigenvalue weighted by Crippen LogP contribution is 2.06. The molecule has 0 heterocycles. The lowest BCUT2D eigenvalue weighted by Crippen LogP contribution is -2.42. The van der Waals surface area contributed by atoms with E-state index in [-0.39, 0.29) is 12.5 Å². The van der Waals surface area contributed by atoms with Gasteiger partial charge in [0.05, 0.1) is 5.60 Å². The van der Waals surface area contributed by atoms with Crippen molar-refractivity contribution in [2.45, 2.75) is 39.2 Å².